The summed E-state index contributed by atoms with van der Waals surface area (Å²) in [5, 5.41) is 4.41. The van der Waals surface area contributed by atoms with Crippen molar-refractivity contribution in [3.8, 4) is 11.3 Å². The Hall–Kier alpha value is -2.47. The molecule has 1 aliphatic rings. The fourth-order valence-corrected chi connectivity index (χ4v) is 3.23. The van der Waals surface area contributed by atoms with Gasteiger partial charge in [-0.25, -0.2) is 9.37 Å². The number of methoxy groups -OCH3 is 1. The minimum absolute atomic E-state index is 0.229. The molecule has 0 bridgehead atoms. The second kappa shape index (κ2) is 6.20. The summed E-state index contributed by atoms with van der Waals surface area (Å²) in [7, 11) is 1.76. The van der Waals surface area contributed by atoms with E-state index in [-0.39, 0.29) is 11.9 Å². The molecule has 1 aromatic carbocycles. The van der Waals surface area contributed by atoms with E-state index in [0.29, 0.717) is 0 Å². The maximum absolute atomic E-state index is 13.2. The van der Waals surface area contributed by atoms with Gasteiger partial charge in [-0.3, -0.25) is 0 Å². The lowest BCUT2D eigenvalue weighted by atomic mass is 10.1. The highest BCUT2D eigenvalue weighted by atomic mass is 19.1. The summed E-state index contributed by atoms with van der Waals surface area (Å²) in [6.07, 6.45) is 4.13. The van der Waals surface area contributed by atoms with Gasteiger partial charge in [0.15, 0.2) is 5.65 Å². The van der Waals surface area contributed by atoms with Crippen LogP contribution in [0.1, 0.15) is 12.8 Å². The van der Waals surface area contributed by atoms with Gasteiger partial charge in [0.1, 0.15) is 11.6 Å². The van der Waals surface area contributed by atoms with E-state index in [4.69, 9.17) is 4.74 Å². The van der Waals surface area contributed by atoms with E-state index >= 15 is 0 Å². The highest BCUT2D eigenvalue weighted by Gasteiger charge is 2.22. The molecule has 24 heavy (non-hydrogen) atoms. The maximum atomic E-state index is 13.2. The summed E-state index contributed by atoms with van der Waals surface area (Å²) in [4.78, 5) is 6.93. The van der Waals surface area contributed by atoms with Crippen LogP contribution in [0.15, 0.2) is 42.6 Å². The van der Waals surface area contributed by atoms with Crippen LogP contribution in [0, 0.1) is 5.82 Å². The lowest BCUT2D eigenvalue weighted by Gasteiger charge is -2.33. The van der Waals surface area contributed by atoms with Crippen LogP contribution in [0.4, 0.5) is 10.2 Å². The van der Waals surface area contributed by atoms with Gasteiger partial charge in [0.05, 0.1) is 18.0 Å². The lowest BCUT2D eigenvalue weighted by molar-refractivity contribution is 0.0890. The normalized spacial score (nSPS) is 18.2. The molecule has 4 rings (SSSR count). The number of hydrogen-bond acceptors (Lipinski definition) is 4. The SMILES string of the molecule is COC1CCCN(c2cc(-c3ccc(F)cc3)nc3ccnn23)C1. The van der Waals surface area contributed by atoms with Crippen molar-refractivity contribution in [3.05, 3.63) is 48.4 Å². The predicted octanol–water partition coefficient (Wildman–Crippen LogP) is 3.15. The number of rotatable bonds is 3. The zero-order chi connectivity index (χ0) is 16.5. The first kappa shape index (κ1) is 15.1. The molecule has 5 nitrogen and oxygen atoms in total. The van der Waals surface area contributed by atoms with Crippen LogP contribution in [0.5, 0.6) is 0 Å². The summed E-state index contributed by atoms with van der Waals surface area (Å²) >= 11 is 0. The quantitative estimate of drug-likeness (QED) is 0.741. The average Bonchev–Trinajstić information content (AvgIpc) is 3.10. The van der Waals surface area contributed by atoms with E-state index in [1.54, 1.807) is 25.4 Å². The lowest BCUT2D eigenvalue weighted by Crippen LogP contribution is -2.40. The van der Waals surface area contributed by atoms with Crippen molar-refractivity contribution in [1.82, 2.24) is 14.6 Å². The summed E-state index contributed by atoms with van der Waals surface area (Å²) in [5.74, 6) is 0.745. The number of piperidine rings is 1. The Morgan fingerprint density at radius 1 is 1.21 bits per heavy atom. The van der Waals surface area contributed by atoms with Crippen molar-refractivity contribution in [3.63, 3.8) is 0 Å². The molecule has 0 N–H and O–H groups in total. The van der Waals surface area contributed by atoms with E-state index < -0.39 is 0 Å². The molecule has 1 atom stereocenters. The van der Waals surface area contributed by atoms with Crippen molar-refractivity contribution in [2.75, 3.05) is 25.1 Å². The van der Waals surface area contributed by atoms with E-state index in [2.05, 4.69) is 15.0 Å². The molecule has 0 spiro atoms. The van der Waals surface area contributed by atoms with E-state index in [0.717, 1.165) is 48.7 Å². The fourth-order valence-electron chi connectivity index (χ4n) is 3.23. The molecule has 0 aliphatic carbocycles. The van der Waals surface area contributed by atoms with Crippen LogP contribution in [0.3, 0.4) is 0 Å². The number of aromatic nitrogens is 3. The molecule has 3 aromatic rings. The van der Waals surface area contributed by atoms with Crippen molar-refractivity contribution in [2.24, 2.45) is 0 Å². The van der Waals surface area contributed by atoms with Gasteiger partial charge in [0, 0.05) is 37.9 Å². The first-order valence-electron chi connectivity index (χ1n) is 8.13. The molecule has 2 aromatic heterocycles. The second-order valence-electron chi connectivity index (χ2n) is 6.05. The van der Waals surface area contributed by atoms with Crippen LogP contribution in [0.25, 0.3) is 16.9 Å². The van der Waals surface area contributed by atoms with Gasteiger partial charge in [-0.15, -0.1) is 0 Å². The number of fused-ring (bicyclic) bond motifs is 1. The number of halogens is 1. The Morgan fingerprint density at radius 2 is 2.04 bits per heavy atom. The summed E-state index contributed by atoms with van der Waals surface area (Å²) in [5.41, 5.74) is 2.49. The van der Waals surface area contributed by atoms with Crippen LogP contribution >= 0.6 is 0 Å². The molecule has 1 saturated heterocycles. The smallest absolute Gasteiger partial charge is 0.157 e. The third-order valence-electron chi connectivity index (χ3n) is 4.52. The van der Waals surface area contributed by atoms with Crippen molar-refractivity contribution < 1.29 is 9.13 Å². The fraction of sp³-hybridized carbons (Fsp3) is 0.333. The Kier molecular flexibility index (Phi) is 3.90. The van der Waals surface area contributed by atoms with Crippen molar-refractivity contribution in [1.29, 1.82) is 0 Å². The molecule has 0 saturated carbocycles. The number of ether oxygens (including phenoxy) is 1. The molecule has 3 heterocycles. The van der Waals surface area contributed by atoms with Gasteiger partial charge in [-0.2, -0.15) is 9.61 Å². The number of anilines is 1. The number of hydrogen-bond donors (Lipinski definition) is 0. The zero-order valence-electron chi connectivity index (χ0n) is 13.5. The Labute approximate surface area is 139 Å². The highest BCUT2D eigenvalue weighted by molar-refractivity contribution is 5.67. The molecule has 1 fully saturated rings. The highest BCUT2D eigenvalue weighted by Crippen LogP contribution is 2.27. The first-order valence-corrected chi connectivity index (χ1v) is 8.13. The maximum Gasteiger partial charge on any atom is 0.157 e. The van der Waals surface area contributed by atoms with Gasteiger partial charge in [0.2, 0.25) is 0 Å². The molecule has 1 aliphatic heterocycles. The number of benzene rings is 1. The van der Waals surface area contributed by atoms with Gasteiger partial charge in [-0.1, -0.05) is 0 Å². The zero-order valence-corrected chi connectivity index (χ0v) is 13.5. The van der Waals surface area contributed by atoms with Crippen LogP contribution in [0.2, 0.25) is 0 Å². The van der Waals surface area contributed by atoms with Gasteiger partial charge < -0.3 is 9.64 Å². The third kappa shape index (κ3) is 2.73. The van der Waals surface area contributed by atoms with Crippen molar-refractivity contribution >= 4 is 11.5 Å². The van der Waals surface area contributed by atoms with Crippen molar-refractivity contribution in [2.45, 2.75) is 18.9 Å². The third-order valence-corrected chi connectivity index (χ3v) is 4.52. The van der Waals surface area contributed by atoms with E-state index in [1.165, 1.54) is 12.1 Å². The Morgan fingerprint density at radius 3 is 2.83 bits per heavy atom. The Balaban J connectivity index is 1.79. The Bertz CT molecular complexity index is 846. The van der Waals surface area contributed by atoms with E-state index in [9.17, 15) is 4.39 Å². The molecular formula is C18H19FN4O. The van der Waals surface area contributed by atoms with Crippen LogP contribution < -0.4 is 4.90 Å². The standard InChI is InChI=1S/C18H19FN4O/c1-24-15-3-2-10-22(12-15)18-11-16(13-4-6-14(19)7-5-13)21-17-8-9-20-23(17)18/h4-9,11,15H,2-3,10,12H2,1H3. The summed E-state index contributed by atoms with van der Waals surface area (Å²) < 4.78 is 20.6. The predicted molar refractivity (Wildman–Crippen MR) is 90.6 cm³/mol. The van der Waals surface area contributed by atoms with Gasteiger partial charge >= 0.3 is 0 Å². The van der Waals surface area contributed by atoms with E-state index in [1.807, 2.05) is 16.6 Å². The topological polar surface area (TPSA) is 42.7 Å². The van der Waals surface area contributed by atoms with Gasteiger partial charge in [-0.05, 0) is 37.1 Å². The van der Waals surface area contributed by atoms with Crippen LogP contribution in [-0.2, 0) is 4.74 Å². The number of nitrogens with zero attached hydrogens (tertiary/aromatic N) is 4. The van der Waals surface area contributed by atoms with Crippen LogP contribution in [-0.4, -0.2) is 40.9 Å². The monoisotopic (exact) mass is 326 g/mol. The molecular weight excluding hydrogens is 307 g/mol. The minimum atomic E-state index is -0.247. The summed E-state index contributed by atoms with van der Waals surface area (Å²) in [6, 6.07) is 10.3. The molecule has 0 radical (unpaired) electrons. The second-order valence-corrected chi connectivity index (χ2v) is 6.05. The molecule has 124 valence electrons. The largest absolute Gasteiger partial charge is 0.380 e. The summed E-state index contributed by atoms with van der Waals surface area (Å²) in [6.45, 7) is 1.79. The molecule has 0 amide bonds. The minimum Gasteiger partial charge on any atom is -0.380 e. The molecule has 6 heteroatoms. The van der Waals surface area contributed by atoms with Gasteiger partial charge in [0.25, 0.3) is 0 Å². The average molecular weight is 326 g/mol. The first-order chi connectivity index (χ1) is 11.7. The molecule has 1 unspecified atom stereocenters.